The van der Waals surface area contributed by atoms with Crippen molar-refractivity contribution in [2.24, 2.45) is 5.73 Å². The molecule has 0 aliphatic rings. The maximum absolute atomic E-state index is 10.3. The van der Waals surface area contributed by atoms with Gasteiger partial charge in [0, 0.05) is 18.3 Å². The molecule has 0 amide bonds. The number of nitrogens with one attached hydrogen (secondary N) is 1. The van der Waals surface area contributed by atoms with Crippen molar-refractivity contribution in [3.8, 4) is 0 Å². The van der Waals surface area contributed by atoms with E-state index < -0.39 is 12.0 Å². The highest BCUT2D eigenvalue weighted by Gasteiger charge is 2.13. The number of carboxylic acid groups (broad SMARTS) is 1. The van der Waals surface area contributed by atoms with Crippen LogP contribution in [0.3, 0.4) is 0 Å². The molecule has 0 aromatic carbocycles. The molecule has 1 aromatic heterocycles. The largest absolute Gasteiger partial charge is 0.480 e. The molecule has 12 heavy (non-hydrogen) atoms. The molecule has 0 radical (unpaired) electrons. The SMILES string of the molecule is Cc1cnc(C[C@H](N)C(=O)O)[nH]1. The van der Waals surface area contributed by atoms with Gasteiger partial charge in [-0.3, -0.25) is 4.79 Å². The van der Waals surface area contributed by atoms with Crippen LogP contribution >= 0.6 is 0 Å². The minimum Gasteiger partial charge on any atom is -0.480 e. The van der Waals surface area contributed by atoms with Gasteiger partial charge in [0.15, 0.2) is 0 Å². The summed E-state index contributed by atoms with van der Waals surface area (Å²) >= 11 is 0. The van der Waals surface area contributed by atoms with Crippen molar-refractivity contribution < 1.29 is 9.90 Å². The molecular weight excluding hydrogens is 158 g/mol. The van der Waals surface area contributed by atoms with Crippen molar-refractivity contribution in [2.75, 3.05) is 0 Å². The minimum absolute atomic E-state index is 0.239. The number of hydrogen-bond donors (Lipinski definition) is 3. The van der Waals surface area contributed by atoms with Gasteiger partial charge in [-0.05, 0) is 6.92 Å². The number of aryl methyl sites for hydroxylation is 1. The van der Waals surface area contributed by atoms with Gasteiger partial charge in [-0.15, -0.1) is 0 Å². The number of H-pyrrole nitrogens is 1. The smallest absolute Gasteiger partial charge is 0.320 e. The fourth-order valence-electron chi connectivity index (χ4n) is 0.866. The summed E-state index contributed by atoms with van der Waals surface area (Å²) in [7, 11) is 0. The van der Waals surface area contributed by atoms with Gasteiger partial charge in [-0.1, -0.05) is 0 Å². The maximum atomic E-state index is 10.3. The van der Waals surface area contributed by atoms with Gasteiger partial charge < -0.3 is 15.8 Å². The number of carboxylic acids is 1. The van der Waals surface area contributed by atoms with Crippen LogP contribution in [0.2, 0.25) is 0 Å². The first-order valence-electron chi connectivity index (χ1n) is 3.58. The van der Waals surface area contributed by atoms with Crippen LogP contribution < -0.4 is 5.73 Å². The molecular formula is C7H11N3O2. The van der Waals surface area contributed by atoms with E-state index in [9.17, 15) is 4.79 Å². The van der Waals surface area contributed by atoms with Gasteiger partial charge >= 0.3 is 5.97 Å². The molecule has 0 bridgehead atoms. The predicted molar refractivity (Wildman–Crippen MR) is 42.6 cm³/mol. The highest BCUT2D eigenvalue weighted by molar-refractivity contribution is 5.73. The lowest BCUT2D eigenvalue weighted by atomic mass is 10.2. The van der Waals surface area contributed by atoms with Crippen molar-refractivity contribution in [1.82, 2.24) is 9.97 Å². The highest BCUT2D eigenvalue weighted by atomic mass is 16.4. The molecule has 5 heteroatoms. The number of hydrogen-bond acceptors (Lipinski definition) is 3. The van der Waals surface area contributed by atoms with E-state index in [4.69, 9.17) is 10.8 Å². The summed E-state index contributed by atoms with van der Waals surface area (Å²) in [6.45, 7) is 1.85. The number of aromatic nitrogens is 2. The Balaban J connectivity index is 2.58. The average molecular weight is 169 g/mol. The van der Waals surface area contributed by atoms with E-state index in [1.165, 1.54) is 0 Å². The lowest BCUT2D eigenvalue weighted by molar-refractivity contribution is -0.138. The Hall–Kier alpha value is -1.36. The third-order valence-corrected chi connectivity index (χ3v) is 1.49. The zero-order valence-corrected chi connectivity index (χ0v) is 6.74. The molecule has 0 fully saturated rings. The van der Waals surface area contributed by atoms with E-state index >= 15 is 0 Å². The number of nitrogens with zero attached hydrogens (tertiary/aromatic N) is 1. The summed E-state index contributed by atoms with van der Waals surface area (Å²) in [6.07, 6.45) is 1.88. The molecule has 1 rings (SSSR count). The first kappa shape index (κ1) is 8.73. The summed E-state index contributed by atoms with van der Waals surface area (Å²) in [5.74, 6) is -0.397. The summed E-state index contributed by atoms with van der Waals surface area (Å²) in [4.78, 5) is 17.2. The Morgan fingerprint density at radius 2 is 2.58 bits per heavy atom. The van der Waals surface area contributed by atoms with Crippen LogP contribution in [0, 0.1) is 6.92 Å². The van der Waals surface area contributed by atoms with Crippen LogP contribution in [0.1, 0.15) is 11.5 Å². The third-order valence-electron chi connectivity index (χ3n) is 1.49. The Morgan fingerprint density at radius 1 is 1.92 bits per heavy atom. The van der Waals surface area contributed by atoms with Crippen molar-refractivity contribution in [3.63, 3.8) is 0 Å². The van der Waals surface area contributed by atoms with Gasteiger partial charge in [-0.2, -0.15) is 0 Å². The van der Waals surface area contributed by atoms with Crippen molar-refractivity contribution >= 4 is 5.97 Å². The second kappa shape index (κ2) is 3.36. The van der Waals surface area contributed by atoms with Crippen LogP contribution in [0.15, 0.2) is 6.20 Å². The Labute approximate surface area is 69.6 Å². The number of aromatic amines is 1. The fraction of sp³-hybridized carbons (Fsp3) is 0.429. The quantitative estimate of drug-likeness (QED) is 0.577. The van der Waals surface area contributed by atoms with E-state index in [1.54, 1.807) is 6.20 Å². The predicted octanol–water partition coefficient (Wildman–Crippen LogP) is -0.327. The fourth-order valence-corrected chi connectivity index (χ4v) is 0.866. The standard InChI is InChI=1S/C7H11N3O2/c1-4-3-9-6(10-4)2-5(8)7(11)12/h3,5H,2,8H2,1H3,(H,9,10)(H,11,12)/t5-/m0/s1. The number of rotatable bonds is 3. The second-order valence-corrected chi connectivity index (χ2v) is 2.66. The molecule has 0 saturated carbocycles. The second-order valence-electron chi connectivity index (χ2n) is 2.66. The third kappa shape index (κ3) is 2.06. The first-order valence-corrected chi connectivity index (χ1v) is 3.58. The van der Waals surface area contributed by atoms with E-state index in [0.29, 0.717) is 5.82 Å². The van der Waals surface area contributed by atoms with Gasteiger partial charge in [0.2, 0.25) is 0 Å². The first-order chi connectivity index (χ1) is 5.59. The van der Waals surface area contributed by atoms with E-state index in [0.717, 1.165) is 5.69 Å². The molecule has 1 heterocycles. The van der Waals surface area contributed by atoms with E-state index in [2.05, 4.69) is 9.97 Å². The zero-order chi connectivity index (χ0) is 9.14. The Morgan fingerprint density at radius 3 is 3.00 bits per heavy atom. The molecule has 0 unspecified atom stereocenters. The average Bonchev–Trinajstić information content (AvgIpc) is 2.35. The van der Waals surface area contributed by atoms with Gasteiger partial charge in [0.1, 0.15) is 11.9 Å². The van der Waals surface area contributed by atoms with Gasteiger partial charge in [-0.25, -0.2) is 4.98 Å². The van der Waals surface area contributed by atoms with E-state index in [1.807, 2.05) is 6.92 Å². The van der Waals surface area contributed by atoms with Crippen molar-refractivity contribution in [2.45, 2.75) is 19.4 Å². The number of imidazole rings is 1. The molecule has 5 nitrogen and oxygen atoms in total. The molecule has 4 N–H and O–H groups in total. The summed E-state index contributed by atoms with van der Waals surface area (Å²) < 4.78 is 0. The normalized spacial score (nSPS) is 12.8. The van der Waals surface area contributed by atoms with Gasteiger partial charge in [0.25, 0.3) is 0 Å². The zero-order valence-electron chi connectivity index (χ0n) is 6.74. The molecule has 66 valence electrons. The molecule has 0 aliphatic carbocycles. The van der Waals surface area contributed by atoms with Crippen molar-refractivity contribution in [1.29, 1.82) is 0 Å². The van der Waals surface area contributed by atoms with Gasteiger partial charge in [0.05, 0.1) is 0 Å². The lowest BCUT2D eigenvalue weighted by Gasteiger charge is -2.01. The summed E-state index contributed by atoms with van der Waals surface area (Å²) in [5.41, 5.74) is 6.20. The van der Waals surface area contributed by atoms with E-state index in [-0.39, 0.29) is 6.42 Å². The van der Waals surface area contributed by atoms with Crippen LogP contribution in [0.4, 0.5) is 0 Å². The highest BCUT2D eigenvalue weighted by Crippen LogP contribution is 1.97. The van der Waals surface area contributed by atoms with Crippen LogP contribution in [0.5, 0.6) is 0 Å². The number of nitrogens with two attached hydrogens (primary N) is 1. The van der Waals surface area contributed by atoms with Crippen molar-refractivity contribution in [3.05, 3.63) is 17.7 Å². The monoisotopic (exact) mass is 169 g/mol. The molecule has 1 atom stereocenters. The molecule has 0 saturated heterocycles. The molecule has 1 aromatic rings. The summed E-state index contributed by atoms with van der Waals surface area (Å²) in [6, 6.07) is -0.879. The number of carbonyl (C=O) groups is 1. The topological polar surface area (TPSA) is 92.0 Å². The maximum Gasteiger partial charge on any atom is 0.320 e. The van der Waals surface area contributed by atoms with Crippen LogP contribution in [-0.2, 0) is 11.2 Å². The number of aliphatic carboxylic acids is 1. The minimum atomic E-state index is -1.01. The Kier molecular flexibility index (Phi) is 2.44. The summed E-state index contributed by atoms with van der Waals surface area (Å²) in [5, 5.41) is 8.48. The molecule has 0 aliphatic heterocycles. The molecule has 0 spiro atoms. The van der Waals surface area contributed by atoms with Crippen LogP contribution in [-0.4, -0.2) is 27.1 Å². The van der Waals surface area contributed by atoms with Crippen LogP contribution in [0.25, 0.3) is 0 Å². The Bertz CT molecular complexity index is 282. The lowest BCUT2D eigenvalue weighted by Crippen LogP contribution is -2.32.